The lowest BCUT2D eigenvalue weighted by Crippen LogP contribution is -2.05. The second kappa shape index (κ2) is 3.13. The van der Waals surface area contributed by atoms with Crippen molar-refractivity contribution >= 4 is 27.6 Å². The second-order valence-corrected chi connectivity index (χ2v) is 3.88. The maximum atomic E-state index is 11.9. The van der Waals surface area contributed by atoms with Crippen molar-refractivity contribution in [2.24, 2.45) is 0 Å². The van der Waals surface area contributed by atoms with Gasteiger partial charge >= 0.3 is 5.63 Å². The Morgan fingerprint density at radius 2 is 2.00 bits per heavy atom. The van der Waals surface area contributed by atoms with Gasteiger partial charge in [-0.3, -0.25) is 0 Å². The zero-order valence-electron chi connectivity index (χ0n) is 9.07. The van der Waals surface area contributed by atoms with Crippen LogP contribution in [0, 0.1) is 0 Å². The number of aromatic nitrogens is 4. The van der Waals surface area contributed by atoms with Crippen LogP contribution in [0.4, 0.5) is 0 Å². The van der Waals surface area contributed by atoms with E-state index in [0.29, 0.717) is 22.3 Å². The van der Waals surface area contributed by atoms with Crippen molar-refractivity contribution in [3.8, 4) is 0 Å². The molecule has 0 aliphatic rings. The van der Waals surface area contributed by atoms with Crippen molar-refractivity contribution < 1.29 is 4.42 Å². The van der Waals surface area contributed by atoms with E-state index in [0.717, 1.165) is 5.39 Å². The minimum Gasteiger partial charge on any atom is -0.422 e. The number of hydrogen-bond donors (Lipinski definition) is 0. The minimum atomic E-state index is -0.423. The molecule has 0 spiro atoms. The van der Waals surface area contributed by atoms with Crippen molar-refractivity contribution in [3.63, 3.8) is 0 Å². The summed E-state index contributed by atoms with van der Waals surface area (Å²) < 4.78 is 6.79. The molecule has 0 saturated carbocycles. The van der Waals surface area contributed by atoms with Crippen LogP contribution in [-0.4, -0.2) is 19.6 Å². The highest BCUT2D eigenvalue weighted by Gasteiger charge is 2.11. The fraction of sp³-hybridized carbons (Fsp3) is 0. The predicted octanol–water partition coefficient (Wildman–Crippen LogP) is 1.38. The van der Waals surface area contributed by atoms with Crippen molar-refractivity contribution in [1.82, 2.24) is 19.6 Å². The van der Waals surface area contributed by atoms with Gasteiger partial charge in [0.1, 0.15) is 17.3 Å². The maximum Gasteiger partial charge on any atom is 0.347 e. The third-order valence-corrected chi connectivity index (χ3v) is 2.87. The highest BCUT2D eigenvalue weighted by Crippen LogP contribution is 2.21. The smallest absolute Gasteiger partial charge is 0.347 e. The molecule has 0 aliphatic heterocycles. The van der Waals surface area contributed by atoms with Crippen molar-refractivity contribution in [3.05, 3.63) is 47.2 Å². The predicted molar refractivity (Wildman–Crippen MR) is 64.3 cm³/mol. The summed E-state index contributed by atoms with van der Waals surface area (Å²) in [7, 11) is 0. The standard InChI is InChI=1S/C12H6N4O2/c17-11-8-5-13-12-14-6-15-16(12)10(8)7-3-1-2-4-9(7)18-11/h1-6H. The van der Waals surface area contributed by atoms with Crippen LogP contribution in [0.25, 0.3) is 27.6 Å². The summed E-state index contributed by atoms with van der Waals surface area (Å²) in [4.78, 5) is 20.0. The van der Waals surface area contributed by atoms with Gasteiger partial charge in [-0.15, -0.1) is 0 Å². The lowest BCUT2D eigenvalue weighted by Gasteiger charge is -2.02. The Labute approximate surface area is 99.5 Å². The molecule has 0 radical (unpaired) electrons. The molecule has 6 heteroatoms. The van der Waals surface area contributed by atoms with E-state index in [-0.39, 0.29) is 0 Å². The Morgan fingerprint density at radius 1 is 1.11 bits per heavy atom. The number of para-hydroxylation sites is 1. The fourth-order valence-electron chi connectivity index (χ4n) is 2.09. The molecule has 1 aromatic carbocycles. The van der Waals surface area contributed by atoms with Crippen molar-refractivity contribution in [2.75, 3.05) is 0 Å². The number of fused-ring (bicyclic) bond motifs is 5. The first-order valence-corrected chi connectivity index (χ1v) is 5.35. The number of hydrogen-bond acceptors (Lipinski definition) is 5. The van der Waals surface area contributed by atoms with E-state index in [2.05, 4.69) is 15.1 Å². The summed E-state index contributed by atoms with van der Waals surface area (Å²) >= 11 is 0. The topological polar surface area (TPSA) is 73.3 Å². The summed E-state index contributed by atoms with van der Waals surface area (Å²) in [5.41, 5.74) is 0.774. The molecule has 86 valence electrons. The molecule has 4 rings (SSSR count). The highest BCUT2D eigenvalue weighted by molar-refractivity contribution is 6.02. The van der Waals surface area contributed by atoms with E-state index >= 15 is 0 Å². The van der Waals surface area contributed by atoms with E-state index in [9.17, 15) is 4.79 Å². The summed E-state index contributed by atoms with van der Waals surface area (Å²) in [6.45, 7) is 0. The van der Waals surface area contributed by atoms with Gasteiger partial charge in [-0.25, -0.2) is 9.78 Å². The van der Waals surface area contributed by atoms with Crippen molar-refractivity contribution in [2.45, 2.75) is 0 Å². The van der Waals surface area contributed by atoms with E-state index in [1.165, 1.54) is 12.5 Å². The molecule has 0 bridgehead atoms. The van der Waals surface area contributed by atoms with Gasteiger partial charge in [0.2, 0.25) is 0 Å². The van der Waals surface area contributed by atoms with E-state index in [1.54, 1.807) is 10.6 Å². The van der Waals surface area contributed by atoms with Crippen LogP contribution < -0.4 is 5.63 Å². The molecule has 0 atom stereocenters. The number of nitrogens with zero attached hydrogens (tertiary/aromatic N) is 4. The first kappa shape index (κ1) is 9.29. The van der Waals surface area contributed by atoms with Gasteiger partial charge in [0.25, 0.3) is 5.78 Å². The van der Waals surface area contributed by atoms with Crippen LogP contribution >= 0.6 is 0 Å². The lowest BCUT2D eigenvalue weighted by atomic mass is 10.2. The lowest BCUT2D eigenvalue weighted by molar-refractivity contribution is 0.569. The minimum absolute atomic E-state index is 0.395. The van der Waals surface area contributed by atoms with Crippen LogP contribution in [0.2, 0.25) is 0 Å². The van der Waals surface area contributed by atoms with Gasteiger partial charge in [-0.1, -0.05) is 12.1 Å². The monoisotopic (exact) mass is 238 g/mol. The molecule has 0 aliphatic carbocycles. The van der Waals surface area contributed by atoms with Crippen LogP contribution in [0.15, 0.2) is 46.0 Å². The molecule has 3 heterocycles. The molecule has 4 aromatic rings. The fourth-order valence-corrected chi connectivity index (χ4v) is 2.09. The second-order valence-electron chi connectivity index (χ2n) is 3.88. The van der Waals surface area contributed by atoms with Gasteiger partial charge in [0.05, 0.1) is 5.52 Å². The summed E-state index contributed by atoms with van der Waals surface area (Å²) in [5, 5.41) is 5.31. The Kier molecular flexibility index (Phi) is 1.62. The quantitative estimate of drug-likeness (QED) is 0.342. The number of benzene rings is 1. The Hall–Kier alpha value is -2.76. The average molecular weight is 238 g/mol. The third kappa shape index (κ3) is 1.06. The zero-order valence-corrected chi connectivity index (χ0v) is 9.07. The third-order valence-electron chi connectivity index (χ3n) is 2.87. The molecule has 0 fully saturated rings. The maximum absolute atomic E-state index is 11.9. The summed E-state index contributed by atoms with van der Waals surface area (Å²) in [6.07, 6.45) is 2.88. The first-order chi connectivity index (χ1) is 8.84. The molecule has 6 nitrogen and oxygen atoms in total. The van der Waals surface area contributed by atoms with Gasteiger partial charge in [-0.2, -0.15) is 14.6 Å². The normalized spacial score (nSPS) is 11.6. The van der Waals surface area contributed by atoms with E-state index < -0.39 is 5.63 Å². The largest absolute Gasteiger partial charge is 0.422 e. The van der Waals surface area contributed by atoms with Gasteiger partial charge in [0, 0.05) is 11.6 Å². The molecule has 0 unspecified atom stereocenters. The van der Waals surface area contributed by atoms with E-state index in [1.807, 2.05) is 18.2 Å². The van der Waals surface area contributed by atoms with Crippen LogP contribution in [0.1, 0.15) is 0 Å². The van der Waals surface area contributed by atoms with Gasteiger partial charge in [-0.05, 0) is 12.1 Å². The molecule has 3 aromatic heterocycles. The molecular formula is C12H6N4O2. The van der Waals surface area contributed by atoms with Crippen LogP contribution in [0.5, 0.6) is 0 Å². The van der Waals surface area contributed by atoms with Crippen molar-refractivity contribution in [1.29, 1.82) is 0 Å². The SMILES string of the molecule is O=c1oc2ccccc2c2c1cnc1ncnn12. The highest BCUT2D eigenvalue weighted by atomic mass is 16.4. The molecule has 18 heavy (non-hydrogen) atoms. The summed E-state index contributed by atoms with van der Waals surface area (Å²) in [5.74, 6) is 0.457. The molecule has 0 amide bonds. The molecular weight excluding hydrogens is 232 g/mol. The van der Waals surface area contributed by atoms with Gasteiger partial charge in [0.15, 0.2) is 0 Å². The average Bonchev–Trinajstić information content (AvgIpc) is 2.86. The zero-order chi connectivity index (χ0) is 12.1. The Morgan fingerprint density at radius 3 is 2.94 bits per heavy atom. The molecule has 0 N–H and O–H groups in total. The van der Waals surface area contributed by atoms with Crippen LogP contribution in [0.3, 0.4) is 0 Å². The summed E-state index contributed by atoms with van der Waals surface area (Å²) in [6, 6.07) is 7.32. The van der Waals surface area contributed by atoms with Crippen LogP contribution in [-0.2, 0) is 0 Å². The number of rotatable bonds is 0. The first-order valence-electron chi connectivity index (χ1n) is 5.35. The Bertz CT molecular complexity index is 954. The van der Waals surface area contributed by atoms with E-state index in [4.69, 9.17) is 4.42 Å². The Balaban J connectivity index is 2.47. The molecule has 0 saturated heterocycles. The van der Waals surface area contributed by atoms with Gasteiger partial charge < -0.3 is 4.42 Å².